The fourth-order valence-corrected chi connectivity index (χ4v) is 6.59. The summed E-state index contributed by atoms with van der Waals surface area (Å²) in [6, 6.07) is 13.8. The van der Waals surface area contributed by atoms with E-state index in [0.717, 1.165) is 30.3 Å². The number of carboxylic acids is 1. The number of ether oxygens (including phenoxy) is 4. The van der Waals surface area contributed by atoms with E-state index >= 15 is 0 Å². The molecule has 0 bridgehead atoms. The molecule has 0 saturated carbocycles. The summed E-state index contributed by atoms with van der Waals surface area (Å²) in [5.41, 5.74) is 4.54. The smallest absolute Gasteiger partial charge is 0.333 e. The van der Waals surface area contributed by atoms with Gasteiger partial charge < -0.3 is 64.2 Å². The molecule has 3 heterocycles. The zero-order chi connectivity index (χ0) is 44.5. The number of aliphatic hydroxyl groups is 3. The number of rotatable bonds is 16. The number of amides is 2. The first-order chi connectivity index (χ1) is 29.4. The van der Waals surface area contributed by atoms with E-state index in [1.165, 1.54) is 12.1 Å². The van der Waals surface area contributed by atoms with Crippen molar-refractivity contribution in [2.24, 2.45) is 0 Å². The van der Waals surface area contributed by atoms with Gasteiger partial charge in [0.2, 0.25) is 17.6 Å². The molecule has 2 aliphatic rings. The first-order valence-electron chi connectivity index (χ1n) is 20.2. The van der Waals surface area contributed by atoms with Crippen LogP contribution >= 0.6 is 0 Å². The molecule has 4 aromatic rings. The number of benzene rings is 3. The van der Waals surface area contributed by atoms with Crippen molar-refractivity contribution in [2.75, 3.05) is 86.9 Å². The van der Waals surface area contributed by atoms with Crippen molar-refractivity contribution in [1.29, 1.82) is 0 Å². The van der Waals surface area contributed by atoms with E-state index < -0.39 is 30.4 Å². The maximum Gasteiger partial charge on any atom is 0.333 e. The molecule has 2 amide bonds. The minimum absolute atomic E-state index is 0. The summed E-state index contributed by atoms with van der Waals surface area (Å²) in [7, 11) is 4.93. The SMILES string of the molecule is CN(C)CCOCCOCCNC(=O)c1cc(CO)ccc1OC1CC(O)CC(C(=O)O)O1.CO.Cc1ccc2c(=O)c3cccc(CC(=O)N4CC[N-]CC4)c3oc2c1C.[Y]. The monoisotopic (exact) mass is 940 g/mol. The van der Waals surface area contributed by atoms with Gasteiger partial charge >= 0.3 is 5.97 Å². The van der Waals surface area contributed by atoms with Crippen molar-refractivity contribution in [3.63, 3.8) is 0 Å². The molecule has 3 unspecified atom stereocenters. The quantitative estimate of drug-likeness (QED) is 0.0804. The minimum atomic E-state index is -1.20. The number of hydrogen-bond acceptors (Lipinski definition) is 13. The van der Waals surface area contributed by atoms with Crippen molar-refractivity contribution in [3.8, 4) is 5.75 Å². The van der Waals surface area contributed by atoms with Gasteiger partial charge in [0.1, 0.15) is 16.9 Å². The van der Waals surface area contributed by atoms with Gasteiger partial charge in [0.25, 0.3) is 5.91 Å². The maximum atomic E-state index is 12.9. The van der Waals surface area contributed by atoms with Crippen molar-refractivity contribution >= 4 is 39.7 Å². The average molecular weight is 941 g/mol. The van der Waals surface area contributed by atoms with Gasteiger partial charge in [0.15, 0.2) is 6.10 Å². The van der Waals surface area contributed by atoms with Crippen LogP contribution in [0.3, 0.4) is 0 Å². The zero-order valence-corrected chi connectivity index (χ0v) is 39.0. The molecule has 1 aromatic heterocycles. The Bertz CT molecular complexity index is 2130. The van der Waals surface area contributed by atoms with Gasteiger partial charge in [-0.2, -0.15) is 0 Å². The summed E-state index contributed by atoms with van der Waals surface area (Å²) >= 11 is 0. The third kappa shape index (κ3) is 15.1. The Morgan fingerprint density at radius 1 is 0.935 bits per heavy atom. The number of aliphatic hydroxyl groups excluding tert-OH is 3. The Balaban J connectivity index is 0.000000319. The van der Waals surface area contributed by atoms with E-state index in [2.05, 4.69) is 10.6 Å². The first-order valence-corrected chi connectivity index (χ1v) is 20.2. The van der Waals surface area contributed by atoms with Gasteiger partial charge in [-0.15, -0.1) is 13.1 Å². The number of likely N-dealkylation sites (N-methyl/N-ethyl adjacent to an activating group) is 1. The van der Waals surface area contributed by atoms with Crippen LogP contribution in [0, 0.1) is 13.8 Å². The molecule has 2 saturated heterocycles. The number of hydrogen-bond donors (Lipinski definition) is 5. The van der Waals surface area contributed by atoms with Crippen molar-refractivity contribution in [1.82, 2.24) is 15.1 Å². The summed E-state index contributed by atoms with van der Waals surface area (Å²) in [5, 5.41) is 43.6. The van der Waals surface area contributed by atoms with Gasteiger partial charge in [-0.25, -0.2) is 4.79 Å². The molecular formula is C44H59N4O13Y-. The maximum absolute atomic E-state index is 12.9. The van der Waals surface area contributed by atoms with Gasteiger partial charge in [0, 0.05) is 84.4 Å². The largest absolute Gasteiger partial charge is 0.659 e. The first kappa shape index (κ1) is 52.5. The number of carboxylic acid groups (broad SMARTS) is 1. The molecular weight excluding hydrogens is 881 g/mol. The van der Waals surface area contributed by atoms with Crippen LogP contribution in [0.1, 0.15) is 45.5 Å². The molecule has 0 aliphatic carbocycles. The number of carbonyl (C=O) groups excluding carboxylic acids is 2. The predicted octanol–water partition coefficient (Wildman–Crippen LogP) is 2.76. The second kappa shape index (κ2) is 26.7. The zero-order valence-electron chi connectivity index (χ0n) is 36.1. The Morgan fingerprint density at radius 2 is 1.63 bits per heavy atom. The molecule has 0 spiro atoms. The van der Waals surface area contributed by atoms with Gasteiger partial charge in [0.05, 0.1) is 61.9 Å². The van der Waals surface area contributed by atoms with Crippen LogP contribution in [0.25, 0.3) is 27.3 Å². The molecule has 1 radical (unpaired) electrons. The number of fused-ring (bicyclic) bond motifs is 2. The van der Waals surface area contributed by atoms with Crippen LogP contribution < -0.4 is 15.5 Å². The summed E-state index contributed by atoms with van der Waals surface area (Å²) < 4.78 is 28.1. The Kier molecular flexibility index (Phi) is 22.6. The number of piperazine rings is 1. The molecule has 18 heteroatoms. The summed E-state index contributed by atoms with van der Waals surface area (Å²) in [6.45, 7) is 9.25. The fraction of sp³-hybridized carbons (Fsp3) is 0.500. The van der Waals surface area contributed by atoms with E-state index in [1.807, 2.05) is 62.0 Å². The molecule has 3 atom stereocenters. The summed E-state index contributed by atoms with van der Waals surface area (Å²) in [5.74, 6) is -1.43. The number of para-hydroxylation sites is 1. The number of carbonyl (C=O) groups is 3. The molecule has 2 fully saturated rings. The van der Waals surface area contributed by atoms with Crippen LogP contribution in [0.4, 0.5) is 0 Å². The van der Waals surface area contributed by atoms with Crippen LogP contribution in [0.2, 0.25) is 0 Å². The molecule has 62 heavy (non-hydrogen) atoms. The molecule has 17 nitrogen and oxygen atoms in total. The van der Waals surface area contributed by atoms with E-state index in [9.17, 15) is 29.4 Å². The van der Waals surface area contributed by atoms with Crippen molar-refractivity contribution in [3.05, 3.63) is 91.9 Å². The third-order valence-corrected chi connectivity index (χ3v) is 10.1. The Labute approximate surface area is 386 Å². The standard InChI is InChI=1S/C22H34N2O9.C21H21N2O3.CH4O.Y/c1-24(2)6-8-31-10-9-30-7-5-23-21(27)17-11-15(14-25)3-4-18(17)32-20-13-16(26)12-19(33-20)22(28)29;1-13-6-7-17-19(25)16-5-3-4-15(21(16)26-20(17)14(13)2)12-18(24)23-10-8-22-9-11-23;1-2;/h3-4,11,16,19-20,25-26H,5-10,12-14H2,1-2H3,(H,23,27)(H,28,29);3-7H,8-12H2,1-2H3;2H,1H3;/q;-1;;. The Morgan fingerprint density at radius 3 is 2.31 bits per heavy atom. The summed E-state index contributed by atoms with van der Waals surface area (Å²) in [6.07, 6.45) is -2.86. The molecule has 5 N–H and O–H groups in total. The summed E-state index contributed by atoms with van der Waals surface area (Å²) in [4.78, 5) is 53.4. The van der Waals surface area contributed by atoms with Crippen molar-refractivity contribution in [2.45, 2.75) is 58.2 Å². The van der Waals surface area contributed by atoms with E-state index in [0.29, 0.717) is 73.5 Å². The van der Waals surface area contributed by atoms with E-state index in [-0.39, 0.29) is 94.4 Å². The predicted molar refractivity (Wildman–Crippen MR) is 228 cm³/mol. The number of aliphatic carboxylic acids is 1. The van der Waals surface area contributed by atoms with Gasteiger partial charge in [-0.3, -0.25) is 14.4 Å². The van der Waals surface area contributed by atoms with E-state index in [4.69, 9.17) is 33.6 Å². The second-order valence-electron chi connectivity index (χ2n) is 14.7. The third-order valence-electron chi connectivity index (χ3n) is 10.1. The second-order valence-corrected chi connectivity index (χ2v) is 14.7. The number of nitrogens with zero attached hydrogens (tertiary/aromatic N) is 3. The molecule has 2 aliphatic heterocycles. The van der Waals surface area contributed by atoms with Crippen LogP contribution in [0.15, 0.2) is 57.7 Å². The van der Waals surface area contributed by atoms with Gasteiger partial charge in [-0.1, -0.05) is 24.3 Å². The molecule has 337 valence electrons. The van der Waals surface area contributed by atoms with Crippen LogP contribution in [-0.4, -0.2) is 153 Å². The van der Waals surface area contributed by atoms with Crippen LogP contribution in [0.5, 0.6) is 5.75 Å². The number of aryl methyl sites for hydroxylation is 2. The normalized spacial score (nSPS) is 17.3. The van der Waals surface area contributed by atoms with Gasteiger partial charge in [-0.05, 0) is 68.9 Å². The topological polar surface area (TPSA) is 232 Å². The van der Waals surface area contributed by atoms with Crippen molar-refractivity contribution < 1.29 is 90.9 Å². The minimum Gasteiger partial charge on any atom is -0.659 e. The van der Waals surface area contributed by atoms with E-state index in [1.54, 1.807) is 12.1 Å². The molecule has 3 aromatic carbocycles. The van der Waals surface area contributed by atoms with Crippen LogP contribution in [-0.2, 0) is 69.5 Å². The average Bonchev–Trinajstić information content (AvgIpc) is 3.25. The fourth-order valence-electron chi connectivity index (χ4n) is 6.59. The number of nitrogens with one attached hydrogen (secondary N) is 1. The Hall–Kier alpha value is -3.88. The molecule has 6 rings (SSSR count).